The van der Waals surface area contributed by atoms with Crippen LogP contribution in [0.3, 0.4) is 0 Å². The van der Waals surface area contributed by atoms with Crippen molar-refractivity contribution in [3.63, 3.8) is 0 Å². The maximum Gasteiger partial charge on any atom is 0.521 e. The van der Waals surface area contributed by atoms with E-state index in [-0.39, 0.29) is 0 Å². The number of nitrogens with zero attached hydrogens (tertiary/aromatic N) is 1. The van der Waals surface area contributed by atoms with Gasteiger partial charge in [0.05, 0.1) is 6.20 Å². The summed E-state index contributed by atoms with van der Waals surface area (Å²) in [6, 6.07) is 0. The number of aromatic nitrogens is 2. The van der Waals surface area contributed by atoms with Gasteiger partial charge in [-0.05, 0) is 24.0 Å². The number of H-pyrrole nitrogens is 1. The van der Waals surface area contributed by atoms with Gasteiger partial charge in [0.25, 0.3) is 0 Å². The van der Waals surface area contributed by atoms with Gasteiger partial charge in [-0.25, -0.2) is 5.26 Å². The highest BCUT2D eigenvalue weighted by Gasteiger charge is 1.90. The zero-order valence-electron chi connectivity index (χ0n) is 6.64. The van der Waals surface area contributed by atoms with Crippen LogP contribution in [0.4, 0.5) is 0 Å². The normalized spacial score (nSPS) is 10.2. The Morgan fingerprint density at radius 1 is 1.75 bits per heavy atom. The first kappa shape index (κ1) is 11.2. The summed E-state index contributed by atoms with van der Waals surface area (Å²) in [5.41, 5.74) is 2.38. The first-order valence-electron chi connectivity index (χ1n) is 3.00. The van der Waals surface area contributed by atoms with Crippen molar-refractivity contribution in [3.8, 4) is 0 Å². The van der Waals surface area contributed by atoms with Gasteiger partial charge in [-0.2, -0.15) is 5.10 Å². The monoisotopic (exact) mass is 193 g/mol. The van der Waals surface area contributed by atoms with Crippen molar-refractivity contribution >= 4 is 8.25 Å². The third-order valence-corrected chi connectivity index (χ3v) is 1.28. The molecule has 68 valence electrons. The van der Waals surface area contributed by atoms with Crippen molar-refractivity contribution in [2.75, 3.05) is 0 Å². The van der Waals surface area contributed by atoms with Crippen LogP contribution < -0.4 is 4.89 Å². The summed E-state index contributed by atoms with van der Waals surface area (Å²) in [5, 5.41) is 13.7. The lowest BCUT2D eigenvalue weighted by molar-refractivity contribution is -0.244. The number of aromatic amines is 1. The van der Waals surface area contributed by atoms with E-state index in [2.05, 4.69) is 14.9 Å². The first-order valence-corrected chi connectivity index (χ1v) is 4.10. The molecule has 0 fully saturated rings. The molecule has 1 aromatic heterocycles. The van der Waals surface area contributed by atoms with Crippen LogP contribution in [0.25, 0.3) is 0 Å². The van der Waals surface area contributed by atoms with E-state index in [9.17, 15) is 0 Å². The molecule has 12 heavy (non-hydrogen) atoms. The van der Waals surface area contributed by atoms with Gasteiger partial charge in [0, 0.05) is 10.4 Å². The van der Waals surface area contributed by atoms with E-state index < -0.39 is 8.25 Å². The number of aryl methyl sites for hydroxylation is 2. The Morgan fingerprint density at radius 3 is 2.33 bits per heavy atom. The van der Waals surface area contributed by atoms with E-state index in [1.807, 2.05) is 20.0 Å². The topological polar surface area (TPSA) is 98.3 Å². The standard InChI is InChI=1S/C5H8N2.HO4P/c1-4-3-6-7-5(4)2;1-4-5(2)3/h3H,1-2H3,(H,6,7);1H/i3+1;. The lowest BCUT2D eigenvalue weighted by atomic mass is 10.4. The molecule has 0 aliphatic carbocycles. The average molecular weight is 193 g/mol. The van der Waals surface area contributed by atoms with E-state index >= 15 is 0 Å². The molecule has 0 amide bonds. The Kier molecular flexibility index (Phi) is 5.40. The molecule has 0 aliphatic rings. The second kappa shape index (κ2) is 5.79. The quantitative estimate of drug-likeness (QED) is 0.385. The highest BCUT2D eigenvalue weighted by Crippen LogP contribution is 2.02. The second-order valence-electron chi connectivity index (χ2n) is 1.98. The van der Waals surface area contributed by atoms with E-state index in [4.69, 9.17) is 14.7 Å². The third kappa shape index (κ3) is 4.92. The lowest BCUT2D eigenvalue weighted by Crippen LogP contribution is -1.84. The molecule has 2 N–H and O–H groups in total. The van der Waals surface area contributed by atoms with Crippen molar-refractivity contribution < 1.29 is 19.4 Å². The number of rotatable bonds is 1. The number of nitrogens with one attached hydrogen (secondary N) is 1. The summed E-state index contributed by atoms with van der Waals surface area (Å²) in [7, 11) is -3.04. The van der Waals surface area contributed by atoms with Crippen LogP contribution >= 0.6 is 8.25 Å². The zero-order valence-corrected chi connectivity index (χ0v) is 7.54. The lowest BCUT2D eigenvalue weighted by Gasteiger charge is -1.78. The van der Waals surface area contributed by atoms with Crippen molar-refractivity contribution in [1.82, 2.24) is 10.2 Å². The van der Waals surface area contributed by atoms with Crippen LogP contribution in [0, 0.1) is 13.8 Å². The molecule has 0 aromatic carbocycles. The predicted octanol–water partition coefficient (Wildman–Crippen LogP) is 0.520. The fourth-order valence-electron chi connectivity index (χ4n) is 0.411. The van der Waals surface area contributed by atoms with Gasteiger partial charge in [0.1, 0.15) is 0 Å². The summed E-state index contributed by atoms with van der Waals surface area (Å²) in [6.45, 7) is 4.03. The Hall–Kier alpha value is -0.810. The van der Waals surface area contributed by atoms with Gasteiger partial charge >= 0.3 is 8.25 Å². The zero-order chi connectivity index (χ0) is 9.56. The maximum atomic E-state index is 8.93. The van der Waals surface area contributed by atoms with Gasteiger partial charge < -0.3 is 4.89 Å². The molecule has 6 nitrogen and oxygen atoms in total. The molecule has 1 rings (SSSR count). The highest BCUT2D eigenvalue weighted by molar-refractivity contribution is 7.30. The summed E-state index contributed by atoms with van der Waals surface area (Å²) in [4.78, 5) is 8.93. The van der Waals surface area contributed by atoms with Gasteiger partial charge in [0.2, 0.25) is 0 Å². The van der Waals surface area contributed by atoms with E-state index in [0.29, 0.717) is 0 Å². The molecule has 1 unspecified atom stereocenters. The minimum atomic E-state index is -3.04. The minimum Gasteiger partial charge on any atom is -0.565 e. The highest BCUT2D eigenvalue weighted by atomic mass is 31.1. The van der Waals surface area contributed by atoms with Crippen LogP contribution in [0.1, 0.15) is 11.3 Å². The predicted molar refractivity (Wildman–Crippen MR) is 39.4 cm³/mol. The average Bonchev–Trinajstić information content (AvgIpc) is 2.37. The molecular weight excluding hydrogens is 184 g/mol. The van der Waals surface area contributed by atoms with Crippen LogP contribution in [0.2, 0.25) is 0 Å². The molecule has 0 spiro atoms. The number of hydrogen-bond donors (Lipinski definition) is 2. The minimum absolute atomic E-state index is 1.15. The second-order valence-corrected chi connectivity index (χ2v) is 2.59. The molecule has 1 atom stereocenters. The molecule has 1 heterocycles. The SMILES string of the molecule is Cc1[13cH]n[nH]c1C.O=[P+]([O-])OO. The maximum absolute atomic E-state index is 8.93. The van der Waals surface area contributed by atoms with Crippen molar-refractivity contribution in [3.05, 3.63) is 17.5 Å². The first-order chi connectivity index (χ1) is 5.57. The van der Waals surface area contributed by atoms with Crippen molar-refractivity contribution in [1.29, 1.82) is 0 Å². The van der Waals surface area contributed by atoms with Crippen LogP contribution in [0.15, 0.2) is 6.20 Å². The molecule has 0 aliphatic heterocycles. The van der Waals surface area contributed by atoms with E-state index in [0.717, 1.165) is 5.69 Å². The Bertz CT molecular complexity index is 233. The Morgan fingerprint density at radius 2 is 2.25 bits per heavy atom. The van der Waals surface area contributed by atoms with Crippen LogP contribution in [-0.2, 0) is 9.24 Å². The molecule has 0 saturated carbocycles. The molecular formula is C5H9N2O4P. The summed E-state index contributed by atoms with van der Waals surface area (Å²) >= 11 is 0. The van der Waals surface area contributed by atoms with Gasteiger partial charge in [-0.3, -0.25) is 5.10 Å². The van der Waals surface area contributed by atoms with Gasteiger partial charge in [-0.15, -0.1) is 0 Å². The van der Waals surface area contributed by atoms with Crippen LogP contribution in [0.5, 0.6) is 0 Å². The molecule has 0 radical (unpaired) electrons. The van der Waals surface area contributed by atoms with Crippen molar-refractivity contribution in [2.24, 2.45) is 0 Å². The Balaban J connectivity index is 0.000000217. The van der Waals surface area contributed by atoms with Crippen LogP contribution in [-0.4, -0.2) is 15.5 Å². The molecule has 0 bridgehead atoms. The Labute approximate surface area is 70.1 Å². The smallest absolute Gasteiger partial charge is 0.521 e. The summed E-state index contributed by atoms with van der Waals surface area (Å²) in [5.74, 6) is 0. The summed E-state index contributed by atoms with van der Waals surface area (Å²) in [6.07, 6.45) is 1.81. The number of hydrogen-bond acceptors (Lipinski definition) is 5. The van der Waals surface area contributed by atoms with E-state index in [1.165, 1.54) is 5.56 Å². The summed E-state index contributed by atoms with van der Waals surface area (Å²) < 4.78 is 11.6. The van der Waals surface area contributed by atoms with Crippen molar-refractivity contribution in [2.45, 2.75) is 13.8 Å². The molecule has 0 saturated heterocycles. The fraction of sp³-hybridized carbons (Fsp3) is 0.400. The largest absolute Gasteiger partial charge is 0.565 e. The fourth-order valence-corrected chi connectivity index (χ4v) is 0.411. The van der Waals surface area contributed by atoms with E-state index in [1.54, 1.807) is 0 Å². The third-order valence-electron chi connectivity index (χ3n) is 1.15. The molecule has 7 heteroatoms. The van der Waals surface area contributed by atoms with Gasteiger partial charge in [-0.1, -0.05) is 0 Å². The molecule has 1 aromatic rings. The van der Waals surface area contributed by atoms with Gasteiger partial charge in [0.15, 0.2) is 0 Å².